The van der Waals surface area contributed by atoms with Gasteiger partial charge in [-0.25, -0.2) is 9.97 Å². The van der Waals surface area contributed by atoms with Gasteiger partial charge in [-0.15, -0.1) is 0 Å². The molecular weight excluding hydrogens is 212 g/mol. The maximum absolute atomic E-state index is 5.05. The molecule has 3 heteroatoms. The maximum atomic E-state index is 5.05. The lowest BCUT2D eigenvalue weighted by atomic mass is 10.2. The average molecular weight is 222 g/mol. The maximum Gasteiger partial charge on any atom is 0.159 e. The molecule has 2 aromatic heterocycles. The number of hydrogen-bond donors (Lipinski definition) is 0. The van der Waals surface area contributed by atoms with Crippen molar-refractivity contribution in [1.29, 1.82) is 0 Å². The van der Waals surface area contributed by atoms with Gasteiger partial charge in [0.25, 0.3) is 0 Å². The highest BCUT2D eigenvalue weighted by Crippen LogP contribution is 2.20. The summed E-state index contributed by atoms with van der Waals surface area (Å²) in [5, 5.41) is 0. The summed E-state index contributed by atoms with van der Waals surface area (Å²) in [6.07, 6.45) is 5.08. The summed E-state index contributed by atoms with van der Waals surface area (Å²) in [5.41, 5.74) is 2.84. The van der Waals surface area contributed by atoms with Crippen LogP contribution in [0.15, 0.2) is 65.6 Å². The fourth-order valence-electron chi connectivity index (χ4n) is 1.66. The van der Waals surface area contributed by atoms with Crippen molar-refractivity contribution in [1.82, 2.24) is 9.97 Å². The van der Waals surface area contributed by atoms with E-state index in [1.165, 1.54) is 0 Å². The van der Waals surface area contributed by atoms with Crippen LogP contribution in [-0.2, 0) is 0 Å². The molecule has 0 atom stereocenters. The van der Waals surface area contributed by atoms with E-state index in [9.17, 15) is 0 Å². The third kappa shape index (κ3) is 1.95. The van der Waals surface area contributed by atoms with E-state index >= 15 is 0 Å². The molecule has 0 aliphatic rings. The lowest BCUT2D eigenvalue weighted by Gasteiger charge is -2.01. The number of aromatic nitrogens is 2. The van der Waals surface area contributed by atoms with Gasteiger partial charge in [-0.2, -0.15) is 0 Å². The van der Waals surface area contributed by atoms with Crippen LogP contribution in [0.25, 0.3) is 22.6 Å². The van der Waals surface area contributed by atoms with Crippen molar-refractivity contribution in [2.24, 2.45) is 0 Å². The van der Waals surface area contributed by atoms with Crippen LogP contribution in [-0.4, -0.2) is 9.97 Å². The highest BCUT2D eigenvalue weighted by molar-refractivity contribution is 5.62. The molecule has 2 heterocycles. The zero-order valence-corrected chi connectivity index (χ0v) is 9.08. The van der Waals surface area contributed by atoms with Crippen LogP contribution in [0, 0.1) is 0 Å². The highest BCUT2D eigenvalue weighted by atomic mass is 16.3. The molecule has 3 rings (SSSR count). The Labute approximate surface area is 98.8 Å². The van der Waals surface area contributed by atoms with E-state index in [-0.39, 0.29) is 0 Å². The lowest BCUT2D eigenvalue weighted by Crippen LogP contribution is -1.90. The Hall–Kier alpha value is -2.42. The molecule has 0 aliphatic carbocycles. The molecule has 0 aliphatic heterocycles. The molecule has 0 bridgehead atoms. The zero-order chi connectivity index (χ0) is 11.5. The predicted molar refractivity (Wildman–Crippen MR) is 65.2 cm³/mol. The van der Waals surface area contributed by atoms with Gasteiger partial charge in [-0.05, 0) is 12.1 Å². The molecule has 82 valence electrons. The molecule has 0 saturated carbocycles. The molecule has 0 N–H and O–H groups in total. The third-order valence-corrected chi connectivity index (χ3v) is 2.50. The van der Waals surface area contributed by atoms with Crippen LogP contribution in [0.2, 0.25) is 0 Å². The number of furan rings is 1. The lowest BCUT2D eigenvalue weighted by molar-refractivity contribution is 0.568. The quantitative estimate of drug-likeness (QED) is 0.667. The summed E-state index contributed by atoms with van der Waals surface area (Å²) < 4.78 is 5.05. The van der Waals surface area contributed by atoms with Gasteiger partial charge in [-0.1, -0.05) is 30.3 Å². The smallest absolute Gasteiger partial charge is 0.159 e. The minimum atomic E-state index is 0.726. The number of rotatable bonds is 2. The molecule has 0 spiro atoms. The van der Waals surface area contributed by atoms with Gasteiger partial charge in [-0.3, -0.25) is 0 Å². The van der Waals surface area contributed by atoms with E-state index in [2.05, 4.69) is 9.97 Å². The van der Waals surface area contributed by atoms with Crippen LogP contribution < -0.4 is 0 Å². The zero-order valence-electron chi connectivity index (χ0n) is 9.08. The molecule has 0 saturated heterocycles. The van der Waals surface area contributed by atoms with E-state index in [1.54, 1.807) is 18.7 Å². The summed E-state index contributed by atoms with van der Waals surface area (Å²) in [6.45, 7) is 0. The van der Waals surface area contributed by atoms with E-state index in [1.807, 2.05) is 42.5 Å². The molecule has 0 radical (unpaired) electrons. The normalized spacial score (nSPS) is 10.4. The first-order valence-corrected chi connectivity index (χ1v) is 5.34. The highest BCUT2D eigenvalue weighted by Gasteiger charge is 2.04. The van der Waals surface area contributed by atoms with Gasteiger partial charge < -0.3 is 4.42 Å². The number of benzene rings is 1. The molecule has 17 heavy (non-hydrogen) atoms. The van der Waals surface area contributed by atoms with Crippen molar-refractivity contribution < 1.29 is 4.42 Å². The first-order chi connectivity index (χ1) is 8.43. The summed E-state index contributed by atoms with van der Waals surface area (Å²) in [7, 11) is 0. The number of hydrogen-bond acceptors (Lipinski definition) is 3. The summed E-state index contributed by atoms with van der Waals surface area (Å²) in [6, 6.07) is 13.7. The number of nitrogens with zero attached hydrogens (tertiary/aromatic N) is 2. The summed E-state index contributed by atoms with van der Waals surface area (Å²) in [4.78, 5) is 8.79. The molecule has 1 aromatic carbocycles. The Bertz CT molecular complexity index is 603. The van der Waals surface area contributed by atoms with Crippen molar-refractivity contribution in [3.8, 4) is 22.6 Å². The van der Waals surface area contributed by atoms with Gasteiger partial charge >= 0.3 is 0 Å². The van der Waals surface area contributed by atoms with Crippen LogP contribution in [0.5, 0.6) is 0 Å². The van der Waals surface area contributed by atoms with Gasteiger partial charge in [0.05, 0.1) is 18.2 Å². The second-order valence-corrected chi connectivity index (χ2v) is 3.64. The van der Waals surface area contributed by atoms with Crippen LogP contribution in [0.4, 0.5) is 0 Å². The van der Waals surface area contributed by atoms with Crippen molar-refractivity contribution in [3.05, 3.63) is 61.2 Å². The van der Waals surface area contributed by atoms with Crippen molar-refractivity contribution >= 4 is 0 Å². The second-order valence-electron chi connectivity index (χ2n) is 3.64. The van der Waals surface area contributed by atoms with Crippen LogP contribution in [0.3, 0.4) is 0 Å². The minimum absolute atomic E-state index is 0.726. The van der Waals surface area contributed by atoms with Crippen molar-refractivity contribution in [2.75, 3.05) is 0 Å². The Morgan fingerprint density at radius 2 is 1.76 bits per heavy atom. The Morgan fingerprint density at radius 3 is 2.53 bits per heavy atom. The SMILES string of the molecule is c1ccc(-c2nccc(-c3ccoc3)n2)cc1. The molecule has 0 fully saturated rings. The van der Waals surface area contributed by atoms with E-state index in [0.29, 0.717) is 0 Å². The molecule has 3 aromatic rings. The summed E-state index contributed by atoms with van der Waals surface area (Å²) in [5.74, 6) is 0.726. The van der Waals surface area contributed by atoms with E-state index < -0.39 is 0 Å². The van der Waals surface area contributed by atoms with Crippen LogP contribution >= 0.6 is 0 Å². The Morgan fingerprint density at radius 1 is 0.882 bits per heavy atom. The van der Waals surface area contributed by atoms with Gasteiger partial charge in [0.2, 0.25) is 0 Å². The first-order valence-electron chi connectivity index (χ1n) is 5.34. The van der Waals surface area contributed by atoms with E-state index in [0.717, 1.165) is 22.6 Å². The average Bonchev–Trinajstić information content (AvgIpc) is 2.94. The summed E-state index contributed by atoms with van der Waals surface area (Å²) >= 11 is 0. The standard InChI is InChI=1S/C14H10N2O/c1-2-4-11(5-3-1)14-15-8-6-13(16-14)12-7-9-17-10-12/h1-10H. The molecule has 0 unspecified atom stereocenters. The fraction of sp³-hybridized carbons (Fsp3) is 0. The molecule has 0 amide bonds. The van der Waals surface area contributed by atoms with E-state index in [4.69, 9.17) is 4.42 Å². The first kappa shape index (κ1) is 9.78. The topological polar surface area (TPSA) is 38.9 Å². The Kier molecular flexibility index (Phi) is 2.43. The van der Waals surface area contributed by atoms with Crippen LogP contribution in [0.1, 0.15) is 0 Å². The van der Waals surface area contributed by atoms with Gasteiger partial charge in [0, 0.05) is 17.3 Å². The van der Waals surface area contributed by atoms with Gasteiger partial charge in [0.15, 0.2) is 5.82 Å². The second kappa shape index (κ2) is 4.22. The predicted octanol–water partition coefficient (Wildman–Crippen LogP) is 3.40. The van der Waals surface area contributed by atoms with Crippen molar-refractivity contribution in [2.45, 2.75) is 0 Å². The monoisotopic (exact) mass is 222 g/mol. The molecular formula is C14H10N2O. The van der Waals surface area contributed by atoms with Crippen molar-refractivity contribution in [3.63, 3.8) is 0 Å². The third-order valence-electron chi connectivity index (χ3n) is 2.50. The fourth-order valence-corrected chi connectivity index (χ4v) is 1.66. The minimum Gasteiger partial charge on any atom is -0.472 e. The van der Waals surface area contributed by atoms with Gasteiger partial charge in [0.1, 0.15) is 0 Å². The Balaban J connectivity index is 2.06. The largest absolute Gasteiger partial charge is 0.472 e. The molecule has 3 nitrogen and oxygen atoms in total.